The van der Waals surface area contributed by atoms with Gasteiger partial charge in [0.15, 0.2) is 0 Å². The average molecular weight is 421 g/mol. The lowest BCUT2D eigenvalue weighted by Crippen LogP contribution is -2.45. The number of aliphatic hydroxyl groups is 1. The summed E-state index contributed by atoms with van der Waals surface area (Å²) in [5, 5.41) is 12.2. The molecule has 3 N–H and O–H groups in total. The second-order valence-electron chi connectivity index (χ2n) is 7.96. The van der Waals surface area contributed by atoms with Crippen LogP contribution in [0.2, 0.25) is 10.0 Å². The Balaban J connectivity index is 1.64. The molecule has 0 aliphatic carbocycles. The molecule has 0 saturated carbocycles. The fourth-order valence-electron chi connectivity index (χ4n) is 4.27. The molecule has 28 heavy (non-hydrogen) atoms. The molecule has 0 amide bonds. The van der Waals surface area contributed by atoms with Crippen molar-refractivity contribution >= 4 is 23.2 Å². The first kappa shape index (κ1) is 21.6. The number of hydrogen-bond acceptors (Lipinski definition) is 3. The van der Waals surface area contributed by atoms with Gasteiger partial charge in [0.2, 0.25) is 0 Å². The number of likely N-dealkylation sites (tertiary alicyclic amines) is 1. The monoisotopic (exact) mass is 420 g/mol. The summed E-state index contributed by atoms with van der Waals surface area (Å²) in [6.07, 6.45) is 3.42. The maximum Gasteiger partial charge on any atom is 0.0920 e. The van der Waals surface area contributed by atoms with Crippen molar-refractivity contribution in [1.29, 1.82) is 0 Å². The van der Waals surface area contributed by atoms with Crippen molar-refractivity contribution in [3.8, 4) is 0 Å². The highest BCUT2D eigenvalue weighted by Gasteiger charge is 2.35. The van der Waals surface area contributed by atoms with E-state index < -0.39 is 5.60 Å². The van der Waals surface area contributed by atoms with Gasteiger partial charge in [-0.1, -0.05) is 66.5 Å². The first-order valence-corrected chi connectivity index (χ1v) is 10.8. The van der Waals surface area contributed by atoms with Gasteiger partial charge in [-0.25, -0.2) is 0 Å². The van der Waals surface area contributed by atoms with Gasteiger partial charge < -0.3 is 15.7 Å². The molecule has 3 nitrogen and oxygen atoms in total. The largest absolute Gasteiger partial charge is 0.385 e. The van der Waals surface area contributed by atoms with Gasteiger partial charge in [0, 0.05) is 25.0 Å². The van der Waals surface area contributed by atoms with E-state index in [1.54, 1.807) is 0 Å². The lowest BCUT2D eigenvalue weighted by molar-refractivity contribution is -0.0271. The highest BCUT2D eigenvalue weighted by atomic mass is 35.5. The van der Waals surface area contributed by atoms with Gasteiger partial charge in [-0.15, -0.1) is 0 Å². The summed E-state index contributed by atoms with van der Waals surface area (Å²) in [5.74, 6) is 0. The molecule has 2 aromatic rings. The zero-order valence-electron chi connectivity index (χ0n) is 16.5. The Bertz CT molecular complexity index is 769. The third-order valence-corrected chi connectivity index (χ3v) is 7.24. The molecular formula is C23H30Cl2N2O. The summed E-state index contributed by atoms with van der Waals surface area (Å²) in [6.45, 7) is 5.48. The molecule has 0 bridgehead atoms. The molecule has 1 saturated heterocycles. The summed E-state index contributed by atoms with van der Waals surface area (Å²) in [7, 11) is 0. The average Bonchev–Trinajstić information content (AvgIpc) is 2.73. The Morgan fingerprint density at radius 2 is 1.75 bits per heavy atom. The van der Waals surface area contributed by atoms with Crippen molar-refractivity contribution in [2.45, 2.75) is 43.6 Å². The molecule has 2 aromatic carbocycles. The smallest absolute Gasteiger partial charge is 0.0920 e. The van der Waals surface area contributed by atoms with Gasteiger partial charge in [0.1, 0.15) is 0 Å². The van der Waals surface area contributed by atoms with Crippen LogP contribution in [-0.2, 0) is 11.0 Å². The molecule has 3 rings (SSSR count). The van der Waals surface area contributed by atoms with Crippen LogP contribution >= 0.6 is 23.2 Å². The van der Waals surface area contributed by atoms with E-state index in [1.165, 1.54) is 0 Å². The van der Waals surface area contributed by atoms with Crippen LogP contribution in [0.5, 0.6) is 0 Å². The standard InChI is InChI=1S/C23H30Cl2N2O/c1-2-22(17-26,19-8-9-20(24)21(25)16-19)10-13-27-14-11-23(28,12-15-27)18-6-4-3-5-7-18/h3-9,16,28H,2,10-15,17,26H2,1H3. The number of nitrogens with two attached hydrogens (primary N) is 1. The van der Waals surface area contributed by atoms with E-state index in [0.717, 1.165) is 56.4 Å². The summed E-state index contributed by atoms with van der Waals surface area (Å²) in [5.41, 5.74) is 7.60. The molecule has 1 atom stereocenters. The van der Waals surface area contributed by atoms with Crippen molar-refractivity contribution in [3.63, 3.8) is 0 Å². The van der Waals surface area contributed by atoms with Crippen LogP contribution in [0.3, 0.4) is 0 Å². The Morgan fingerprint density at radius 1 is 1.07 bits per heavy atom. The molecule has 152 valence electrons. The van der Waals surface area contributed by atoms with Crippen molar-refractivity contribution in [3.05, 3.63) is 69.7 Å². The van der Waals surface area contributed by atoms with Crippen LogP contribution in [0.25, 0.3) is 0 Å². The molecule has 1 aliphatic heterocycles. The normalized spacial score (nSPS) is 19.3. The Kier molecular flexibility index (Phi) is 7.06. The molecule has 1 fully saturated rings. The lowest BCUT2D eigenvalue weighted by atomic mass is 9.75. The van der Waals surface area contributed by atoms with Gasteiger partial charge in [-0.3, -0.25) is 0 Å². The summed E-state index contributed by atoms with van der Waals surface area (Å²) in [6, 6.07) is 15.9. The first-order valence-electron chi connectivity index (χ1n) is 10.1. The highest BCUT2D eigenvalue weighted by Crippen LogP contribution is 2.36. The van der Waals surface area contributed by atoms with Crippen molar-refractivity contribution < 1.29 is 5.11 Å². The summed E-state index contributed by atoms with van der Waals surface area (Å²) < 4.78 is 0. The zero-order valence-corrected chi connectivity index (χ0v) is 18.0. The van der Waals surface area contributed by atoms with Gasteiger partial charge in [-0.2, -0.15) is 0 Å². The van der Waals surface area contributed by atoms with E-state index in [1.807, 2.05) is 42.5 Å². The second-order valence-corrected chi connectivity index (χ2v) is 8.77. The minimum absolute atomic E-state index is 0.110. The quantitative estimate of drug-likeness (QED) is 0.664. The zero-order chi connectivity index (χ0) is 20.2. The maximum absolute atomic E-state index is 11.0. The minimum atomic E-state index is -0.711. The van der Waals surface area contributed by atoms with Gasteiger partial charge in [0.25, 0.3) is 0 Å². The number of hydrogen-bond donors (Lipinski definition) is 2. The topological polar surface area (TPSA) is 49.5 Å². The summed E-state index contributed by atoms with van der Waals surface area (Å²) >= 11 is 12.4. The van der Waals surface area contributed by atoms with Crippen molar-refractivity contribution in [2.75, 3.05) is 26.2 Å². The van der Waals surface area contributed by atoms with Crippen LogP contribution in [0.4, 0.5) is 0 Å². The van der Waals surface area contributed by atoms with Gasteiger partial charge in [0.05, 0.1) is 15.6 Å². The van der Waals surface area contributed by atoms with Crippen molar-refractivity contribution in [1.82, 2.24) is 4.90 Å². The van der Waals surface area contributed by atoms with Crippen LogP contribution in [0.1, 0.15) is 43.7 Å². The number of piperidine rings is 1. The number of benzene rings is 2. The second kappa shape index (κ2) is 9.15. The predicted octanol–water partition coefficient (Wildman–Crippen LogP) is 4.97. The number of halogens is 2. The molecule has 0 aromatic heterocycles. The summed E-state index contributed by atoms with van der Waals surface area (Å²) in [4.78, 5) is 2.44. The number of nitrogens with zero attached hydrogens (tertiary/aromatic N) is 1. The van der Waals surface area contributed by atoms with Crippen LogP contribution < -0.4 is 5.73 Å². The SMILES string of the molecule is CCC(CN)(CCN1CCC(O)(c2ccccc2)CC1)c1ccc(Cl)c(Cl)c1. The highest BCUT2D eigenvalue weighted by molar-refractivity contribution is 6.42. The van der Waals surface area contributed by atoms with E-state index in [2.05, 4.69) is 17.9 Å². The number of rotatable bonds is 7. The third-order valence-electron chi connectivity index (χ3n) is 6.50. The van der Waals surface area contributed by atoms with Crippen LogP contribution in [0.15, 0.2) is 48.5 Å². The molecule has 0 spiro atoms. The molecule has 1 heterocycles. The van der Waals surface area contributed by atoms with Crippen molar-refractivity contribution in [2.24, 2.45) is 5.73 Å². The van der Waals surface area contributed by atoms with Crippen LogP contribution in [-0.4, -0.2) is 36.2 Å². The maximum atomic E-state index is 11.0. The van der Waals surface area contributed by atoms with E-state index in [9.17, 15) is 5.11 Å². The fourth-order valence-corrected chi connectivity index (χ4v) is 4.57. The van der Waals surface area contributed by atoms with Gasteiger partial charge in [-0.05, 0) is 55.5 Å². The van der Waals surface area contributed by atoms with E-state index >= 15 is 0 Å². The molecule has 1 unspecified atom stereocenters. The van der Waals surface area contributed by atoms with Crippen LogP contribution in [0, 0.1) is 0 Å². The molecule has 0 radical (unpaired) electrons. The molecule has 1 aliphatic rings. The first-order chi connectivity index (χ1) is 13.4. The van der Waals surface area contributed by atoms with E-state index in [-0.39, 0.29) is 5.41 Å². The van der Waals surface area contributed by atoms with E-state index in [0.29, 0.717) is 16.6 Å². The fraction of sp³-hybridized carbons (Fsp3) is 0.478. The van der Waals surface area contributed by atoms with E-state index in [4.69, 9.17) is 28.9 Å². The third kappa shape index (κ3) is 4.55. The Hall–Kier alpha value is -1.10. The lowest BCUT2D eigenvalue weighted by Gasteiger charge is -2.40. The Labute approximate surface area is 178 Å². The molecular weight excluding hydrogens is 391 g/mol. The van der Waals surface area contributed by atoms with Gasteiger partial charge >= 0.3 is 0 Å². The molecule has 5 heteroatoms. The predicted molar refractivity (Wildman–Crippen MR) is 118 cm³/mol. The minimum Gasteiger partial charge on any atom is -0.385 e. The Morgan fingerprint density at radius 3 is 2.32 bits per heavy atom.